The summed E-state index contributed by atoms with van der Waals surface area (Å²) in [4.78, 5) is 15.2. The van der Waals surface area contributed by atoms with Crippen molar-refractivity contribution in [1.29, 1.82) is 0 Å². The molecule has 1 fully saturated rings. The number of nitrogens with zero attached hydrogens (tertiary/aromatic N) is 5. The van der Waals surface area contributed by atoms with Crippen molar-refractivity contribution in [2.45, 2.75) is 37.5 Å². The Morgan fingerprint density at radius 3 is 2.86 bits per heavy atom. The first-order chi connectivity index (χ1) is 10.0. The first-order valence-corrected chi connectivity index (χ1v) is 8.20. The molecule has 1 aromatic heterocycles. The topological polar surface area (TPSA) is 74.5 Å². The van der Waals surface area contributed by atoms with Crippen molar-refractivity contribution in [3.63, 3.8) is 0 Å². The molecular weight excluding hydrogens is 290 g/mol. The number of aliphatic carboxylic acids is 1. The Morgan fingerprint density at radius 2 is 2.29 bits per heavy atom. The van der Waals surface area contributed by atoms with Crippen molar-refractivity contribution in [1.82, 2.24) is 19.7 Å². The summed E-state index contributed by atoms with van der Waals surface area (Å²) in [6.07, 6.45) is 2.46. The zero-order valence-corrected chi connectivity index (χ0v) is 13.6. The predicted molar refractivity (Wildman–Crippen MR) is 83.0 cm³/mol. The maximum atomic E-state index is 10.7. The second-order valence-electron chi connectivity index (χ2n) is 5.37. The molecule has 0 saturated carbocycles. The maximum Gasteiger partial charge on any atom is 0.313 e. The van der Waals surface area contributed by atoms with E-state index in [9.17, 15) is 4.79 Å². The summed E-state index contributed by atoms with van der Waals surface area (Å²) in [6, 6.07) is 0.548. The van der Waals surface area contributed by atoms with E-state index in [-0.39, 0.29) is 5.75 Å². The van der Waals surface area contributed by atoms with Crippen molar-refractivity contribution in [3.8, 4) is 0 Å². The minimum atomic E-state index is -0.840. The molecule has 21 heavy (non-hydrogen) atoms. The molecule has 0 radical (unpaired) electrons. The lowest BCUT2D eigenvalue weighted by Crippen LogP contribution is -2.37. The van der Waals surface area contributed by atoms with Gasteiger partial charge in [0, 0.05) is 26.2 Å². The number of anilines is 1. The van der Waals surface area contributed by atoms with Crippen LogP contribution in [0.5, 0.6) is 0 Å². The lowest BCUT2D eigenvalue weighted by molar-refractivity contribution is -0.133. The van der Waals surface area contributed by atoms with E-state index in [2.05, 4.69) is 27.0 Å². The fourth-order valence-electron chi connectivity index (χ4n) is 2.68. The summed E-state index contributed by atoms with van der Waals surface area (Å²) < 4.78 is 1.97. The number of carbonyl (C=O) groups is 1. The van der Waals surface area contributed by atoms with Crippen LogP contribution in [0.4, 0.5) is 5.95 Å². The molecule has 1 unspecified atom stereocenters. The van der Waals surface area contributed by atoms with E-state index in [1.54, 1.807) is 0 Å². The van der Waals surface area contributed by atoms with Crippen LogP contribution in [0, 0.1) is 0 Å². The number of aromatic nitrogens is 3. The molecule has 0 bridgehead atoms. The Balaban J connectivity index is 2.06. The second kappa shape index (κ2) is 7.13. The number of hydrogen-bond donors (Lipinski definition) is 1. The quantitative estimate of drug-likeness (QED) is 0.753. The number of likely N-dealkylation sites (N-methyl/N-ethyl adjacent to an activating group) is 2. The first-order valence-electron chi connectivity index (χ1n) is 7.22. The van der Waals surface area contributed by atoms with Gasteiger partial charge in [0.05, 0.1) is 5.75 Å². The van der Waals surface area contributed by atoms with E-state index in [0.717, 1.165) is 25.6 Å². The van der Waals surface area contributed by atoms with Crippen LogP contribution in [-0.4, -0.2) is 69.7 Å². The summed E-state index contributed by atoms with van der Waals surface area (Å²) in [7, 11) is 4.18. The van der Waals surface area contributed by atoms with Crippen molar-refractivity contribution in [2.24, 2.45) is 0 Å². The summed E-state index contributed by atoms with van der Waals surface area (Å²) >= 11 is 1.21. The van der Waals surface area contributed by atoms with Crippen molar-refractivity contribution in [2.75, 3.05) is 37.8 Å². The SMILES string of the molecule is CCn1c(SCC(=O)O)nnc1N(C)CC1CCCN1C. The van der Waals surface area contributed by atoms with Crippen LogP contribution >= 0.6 is 11.8 Å². The van der Waals surface area contributed by atoms with Gasteiger partial charge in [0.2, 0.25) is 5.95 Å². The second-order valence-corrected chi connectivity index (χ2v) is 6.31. The average molecular weight is 313 g/mol. The highest BCUT2D eigenvalue weighted by Gasteiger charge is 2.24. The molecule has 1 atom stereocenters. The summed E-state index contributed by atoms with van der Waals surface area (Å²) in [6.45, 7) is 4.82. The van der Waals surface area contributed by atoms with Gasteiger partial charge in [-0.2, -0.15) is 0 Å². The van der Waals surface area contributed by atoms with Crippen molar-refractivity contribution < 1.29 is 9.90 Å². The highest BCUT2D eigenvalue weighted by Crippen LogP contribution is 2.23. The number of carboxylic acids is 1. The largest absolute Gasteiger partial charge is 0.481 e. The van der Waals surface area contributed by atoms with Gasteiger partial charge in [0.15, 0.2) is 5.16 Å². The molecule has 2 rings (SSSR count). The predicted octanol–water partition coefficient (Wildman–Crippen LogP) is 1.01. The van der Waals surface area contributed by atoms with Gasteiger partial charge in [-0.05, 0) is 33.4 Å². The minimum Gasteiger partial charge on any atom is -0.481 e. The molecule has 118 valence electrons. The van der Waals surface area contributed by atoms with Crippen molar-refractivity contribution >= 4 is 23.7 Å². The monoisotopic (exact) mass is 313 g/mol. The number of thioether (sulfide) groups is 1. The van der Waals surface area contributed by atoms with Crippen LogP contribution in [0.1, 0.15) is 19.8 Å². The molecule has 1 aliphatic heterocycles. The van der Waals surface area contributed by atoms with E-state index in [1.165, 1.54) is 24.6 Å². The third-order valence-corrected chi connectivity index (χ3v) is 4.79. The van der Waals surface area contributed by atoms with Crippen LogP contribution < -0.4 is 4.90 Å². The van der Waals surface area contributed by atoms with Crippen LogP contribution in [0.2, 0.25) is 0 Å². The highest BCUT2D eigenvalue weighted by molar-refractivity contribution is 7.99. The van der Waals surface area contributed by atoms with E-state index in [0.29, 0.717) is 11.2 Å². The van der Waals surface area contributed by atoms with E-state index in [4.69, 9.17) is 5.11 Å². The summed E-state index contributed by atoms with van der Waals surface area (Å²) in [5.41, 5.74) is 0. The lowest BCUT2D eigenvalue weighted by atomic mass is 10.2. The van der Waals surface area contributed by atoms with Crippen LogP contribution in [-0.2, 0) is 11.3 Å². The van der Waals surface area contributed by atoms with Gasteiger partial charge in [0.25, 0.3) is 0 Å². The zero-order valence-electron chi connectivity index (χ0n) is 12.8. The molecule has 1 aromatic rings. The molecule has 8 heteroatoms. The maximum absolute atomic E-state index is 10.7. The fourth-order valence-corrected chi connectivity index (χ4v) is 3.40. The zero-order chi connectivity index (χ0) is 15.4. The van der Waals surface area contributed by atoms with E-state index < -0.39 is 5.97 Å². The standard InChI is InChI=1S/C13H23N5O2S/c1-4-18-12(14-15-13(18)21-9-11(19)20)17(3)8-10-6-5-7-16(10)2/h10H,4-9H2,1-3H3,(H,19,20). The molecule has 7 nitrogen and oxygen atoms in total. The van der Waals surface area contributed by atoms with E-state index in [1.807, 2.05) is 18.5 Å². The van der Waals surface area contributed by atoms with Gasteiger partial charge in [-0.25, -0.2) is 0 Å². The van der Waals surface area contributed by atoms with Gasteiger partial charge in [-0.3, -0.25) is 9.36 Å². The van der Waals surface area contributed by atoms with Gasteiger partial charge < -0.3 is 14.9 Å². The van der Waals surface area contributed by atoms with Crippen LogP contribution in [0.25, 0.3) is 0 Å². The number of hydrogen-bond acceptors (Lipinski definition) is 6. The number of rotatable bonds is 7. The molecule has 0 aliphatic carbocycles. The molecular formula is C13H23N5O2S. The van der Waals surface area contributed by atoms with Crippen LogP contribution in [0.3, 0.4) is 0 Å². The van der Waals surface area contributed by atoms with Crippen LogP contribution in [0.15, 0.2) is 5.16 Å². The van der Waals surface area contributed by atoms with Gasteiger partial charge in [0.1, 0.15) is 0 Å². The molecule has 1 aliphatic rings. The third-order valence-electron chi connectivity index (χ3n) is 3.84. The number of carboxylic acid groups (broad SMARTS) is 1. The molecule has 1 saturated heterocycles. The molecule has 2 heterocycles. The highest BCUT2D eigenvalue weighted by atomic mass is 32.2. The Labute approximate surface area is 129 Å². The fraction of sp³-hybridized carbons (Fsp3) is 0.769. The lowest BCUT2D eigenvalue weighted by Gasteiger charge is -2.26. The molecule has 0 aromatic carbocycles. The molecule has 0 amide bonds. The van der Waals surface area contributed by atoms with Gasteiger partial charge in [-0.1, -0.05) is 11.8 Å². The minimum absolute atomic E-state index is 0.00715. The first kappa shape index (κ1) is 16.1. The van der Waals surface area contributed by atoms with Crippen molar-refractivity contribution in [3.05, 3.63) is 0 Å². The van der Waals surface area contributed by atoms with Gasteiger partial charge >= 0.3 is 5.97 Å². The average Bonchev–Trinajstić information content (AvgIpc) is 3.02. The molecule has 0 spiro atoms. The van der Waals surface area contributed by atoms with Gasteiger partial charge in [-0.15, -0.1) is 10.2 Å². The molecule has 1 N–H and O–H groups in total. The Morgan fingerprint density at radius 1 is 1.52 bits per heavy atom. The number of likely N-dealkylation sites (tertiary alicyclic amines) is 1. The normalized spacial score (nSPS) is 19.1. The Kier molecular flexibility index (Phi) is 5.46. The van der Waals surface area contributed by atoms with E-state index >= 15 is 0 Å². The Bertz CT molecular complexity index is 493. The Hall–Kier alpha value is -1.28. The third kappa shape index (κ3) is 3.88. The smallest absolute Gasteiger partial charge is 0.313 e. The summed E-state index contributed by atoms with van der Waals surface area (Å²) in [5.74, 6) is -0.0217. The summed E-state index contributed by atoms with van der Waals surface area (Å²) in [5, 5.41) is 17.8.